The van der Waals surface area contributed by atoms with Crippen molar-refractivity contribution in [3.05, 3.63) is 42.1 Å². The van der Waals surface area contributed by atoms with Crippen LogP contribution >= 0.6 is 0 Å². The average Bonchev–Trinajstić information content (AvgIpc) is 3.54. The first-order valence-corrected chi connectivity index (χ1v) is 12.2. The number of amides is 1. The van der Waals surface area contributed by atoms with Crippen LogP contribution in [0.4, 0.5) is 5.69 Å². The zero-order chi connectivity index (χ0) is 22.8. The number of ether oxygens (including phenoxy) is 3. The minimum absolute atomic E-state index is 0. The molecule has 1 N–H and O–H groups in total. The summed E-state index contributed by atoms with van der Waals surface area (Å²) in [7, 11) is 1.66. The molecule has 2 aliphatic heterocycles. The van der Waals surface area contributed by atoms with E-state index in [1.165, 1.54) is 34.7 Å². The standard InChI is InChI=1S/C28H26N2O4.ClH/c1-32-22-9-8-18-19-6-7-20-25-17(13-23-28(20)34-15-33-23)10-11-30(27(19)25)14-21(18)26(22)29-24(31)12-16-4-2-3-5-16;/h6-9,13-14,16H,2-5,10-12,15H2,1H3;1H. The van der Waals surface area contributed by atoms with Gasteiger partial charge in [-0.3, -0.25) is 4.79 Å². The molecule has 1 aliphatic carbocycles. The Bertz CT molecular complexity index is 1510. The summed E-state index contributed by atoms with van der Waals surface area (Å²) < 4.78 is 19.5. The lowest BCUT2D eigenvalue weighted by Gasteiger charge is -2.19. The molecule has 7 heteroatoms. The van der Waals surface area contributed by atoms with E-state index in [1.807, 2.05) is 6.07 Å². The van der Waals surface area contributed by atoms with Crippen LogP contribution in [0.15, 0.2) is 36.5 Å². The Balaban J connectivity index is 0.00000229. The minimum Gasteiger partial charge on any atom is -1.00 e. The average molecular weight is 491 g/mol. The highest BCUT2D eigenvalue weighted by molar-refractivity contribution is 6.19. The van der Waals surface area contributed by atoms with Crippen LogP contribution in [0.3, 0.4) is 0 Å². The Hall–Kier alpha value is -3.25. The van der Waals surface area contributed by atoms with Crippen LogP contribution in [0.25, 0.3) is 32.4 Å². The molecule has 1 amide bonds. The number of methoxy groups -OCH3 is 1. The second kappa shape index (κ2) is 8.45. The van der Waals surface area contributed by atoms with E-state index >= 15 is 0 Å². The maximum absolute atomic E-state index is 13.0. The summed E-state index contributed by atoms with van der Waals surface area (Å²) in [5.74, 6) is 2.94. The van der Waals surface area contributed by atoms with E-state index in [0.717, 1.165) is 59.2 Å². The highest BCUT2D eigenvalue weighted by Crippen LogP contribution is 2.46. The third-order valence-corrected chi connectivity index (χ3v) is 7.82. The lowest BCUT2D eigenvalue weighted by molar-refractivity contribution is -0.670. The largest absolute Gasteiger partial charge is 1.00 e. The number of nitrogens with one attached hydrogen (secondary N) is 1. The van der Waals surface area contributed by atoms with Gasteiger partial charge in [0.25, 0.3) is 0 Å². The van der Waals surface area contributed by atoms with Gasteiger partial charge in [-0.05, 0) is 54.7 Å². The van der Waals surface area contributed by atoms with Gasteiger partial charge in [-0.25, -0.2) is 0 Å². The summed E-state index contributed by atoms with van der Waals surface area (Å²) in [6, 6.07) is 10.5. The van der Waals surface area contributed by atoms with Crippen LogP contribution in [0.5, 0.6) is 17.2 Å². The van der Waals surface area contributed by atoms with E-state index in [0.29, 0.717) is 18.1 Å². The zero-order valence-corrected chi connectivity index (χ0v) is 20.4. The number of hydrogen-bond donors (Lipinski definition) is 1. The van der Waals surface area contributed by atoms with Crippen LogP contribution < -0.4 is 36.5 Å². The number of fused-ring (bicyclic) bond motifs is 4. The number of aryl methyl sites for hydroxylation is 2. The highest BCUT2D eigenvalue weighted by atomic mass is 35.5. The van der Waals surface area contributed by atoms with Gasteiger partial charge in [-0.2, -0.15) is 4.57 Å². The molecule has 180 valence electrons. The molecule has 1 fully saturated rings. The predicted molar refractivity (Wildman–Crippen MR) is 131 cm³/mol. The Morgan fingerprint density at radius 2 is 1.89 bits per heavy atom. The number of benzene rings is 3. The number of halogens is 1. The third kappa shape index (κ3) is 3.38. The van der Waals surface area contributed by atoms with Crippen molar-refractivity contribution in [1.82, 2.24) is 0 Å². The van der Waals surface area contributed by atoms with Crippen LogP contribution in [-0.2, 0) is 17.8 Å². The maximum Gasteiger partial charge on any atom is 0.231 e. The first-order chi connectivity index (χ1) is 16.7. The Morgan fingerprint density at radius 1 is 1.09 bits per heavy atom. The highest BCUT2D eigenvalue weighted by Gasteiger charge is 2.30. The van der Waals surface area contributed by atoms with Crippen LogP contribution in [0.2, 0.25) is 0 Å². The number of hydrogen-bond acceptors (Lipinski definition) is 4. The van der Waals surface area contributed by atoms with Gasteiger partial charge in [0.2, 0.25) is 18.2 Å². The monoisotopic (exact) mass is 490 g/mol. The van der Waals surface area contributed by atoms with E-state index in [1.54, 1.807) is 7.11 Å². The molecule has 6 nitrogen and oxygen atoms in total. The number of aromatic nitrogens is 1. The van der Waals surface area contributed by atoms with Gasteiger partial charge in [0, 0.05) is 23.6 Å². The molecular formula is C28H27ClN2O4. The molecule has 35 heavy (non-hydrogen) atoms. The fourth-order valence-electron chi connectivity index (χ4n) is 6.23. The second-order valence-corrected chi connectivity index (χ2v) is 9.73. The molecule has 0 unspecified atom stereocenters. The predicted octanol–water partition coefficient (Wildman–Crippen LogP) is 2.25. The van der Waals surface area contributed by atoms with Gasteiger partial charge in [-0.1, -0.05) is 12.8 Å². The summed E-state index contributed by atoms with van der Waals surface area (Å²) in [6.45, 7) is 1.14. The zero-order valence-electron chi connectivity index (χ0n) is 19.7. The summed E-state index contributed by atoms with van der Waals surface area (Å²) in [6.07, 6.45) is 8.45. The van der Waals surface area contributed by atoms with Gasteiger partial charge < -0.3 is 31.9 Å². The first kappa shape index (κ1) is 22.2. The number of pyridine rings is 1. The van der Waals surface area contributed by atoms with Crippen molar-refractivity contribution in [2.45, 2.75) is 45.1 Å². The summed E-state index contributed by atoms with van der Waals surface area (Å²) in [5, 5.41) is 8.84. The first-order valence-electron chi connectivity index (χ1n) is 12.2. The van der Waals surface area contributed by atoms with Gasteiger partial charge >= 0.3 is 0 Å². The molecule has 4 aromatic rings. The van der Waals surface area contributed by atoms with Crippen molar-refractivity contribution in [1.29, 1.82) is 0 Å². The van der Waals surface area contributed by atoms with Gasteiger partial charge in [0.05, 0.1) is 29.0 Å². The number of rotatable bonds is 4. The van der Waals surface area contributed by atoms with E-state index in [2.05, 4.69) is 40.3 Å². The molecule has 0 saturated heterocycles. The van der Waals surface area contributed by atoms with Crippen molar-refractivity contribution >= 4 is 44.0 Å². The molecule has 0 radical (unpaired) electrons. The van der Waals surface area contributed by atoms with E-state index in [4.69, 9.17) is 14.2 Å². The summed E-state index contributed by atoms with van der Waals surface area (Å²) >= 11 is 0. The number of nitrogens with zero attached hydrogens (tertiary/aromatic N) is 1. The molecular weight excluding hydrogens is 464 g/mol. The van der Waals surface area contributed by atoms with E-state index in [-0.39, 0.29) is 25.1 Å². The Morgan fingerprint density at radius 3 is 2.71 bits per heavy atom. The van der Waals surface area contributed by atoms with Crippen LogP contribution in [0, 0.1) is 5.92 Å². The molecule has 0 atom stereocenters. The second-order valence-electron chi connectivity index (χ2n) is 9.73. The van der Waals surface area contributed by atoms with Crippen molar-refractivity contribution in [2.75, 3.05) is 19.2 Å². The normalized spacial score (nSPS) is 16.3. The van der Waals surface area contributed by atoms with Crippen LogP contribution in [-0.4, -0.2) is 19.8 Å². The molecule has 3 aliphatic rings. The molecule has 0 spiro atoms. The van der Waals surface area contributed by atoms with E-state index in [9.17, 15) is 4.79 Å². The molecule has 3 heterocycles. The van der Waals surface area contributed by atoms with Gasteiger partial charge in [0.1, 0.15) is 5.75 Å². The smallest absolute Gasteiger partial charge is 0.231 e. The molecule has 7 rings (SSSR count). The molecule has 1 aromatic heterocycles. The summed E-state index contributed by atoms with van der Waals surface area (Å²) in [5.41, 5.74) is 3.27. The fourth-order valence-corrected chi connectivity index (χ4v) is 6.23. The SMILES string of the molecule is COc1ccc2c(c[n+]3c4c2ccc2c5c(cc(c24)CC3)OCO5)c1NC(=O)CC1CCCC1.[Cl-]. The van der Waals surface area contributed by atoms with Crippen molar-refractivity contribution in [3.63, 3.8) is 0 Å². The molecule has 3 aromatic carbocycles. The Kier molecular flexibility index (Phi) is 5.37. The third-order valence-electron chi connectivity index (χ3n) is 7.82. The van der Waals surface area contributed by atoms with E-state index < -0.39 is 0 Å². The van der Waals surface area contributed by atoms with Gasteiger partial charge in [-0.15, -0.1) is 0 Å². The number of anilines is 1. The minimum atomic E-state index is 0. The number of carbonyl (C=O) groups is 1. The number of carbonyl (C=O) groups excluding carboxylic acids is 1. The maximum atomic E-state index is 13.0. The topological polar surface area (TPSA) is 60.7 Å². The lowest BCUT2D eigenvalue weighted by atomic mass is 9.92. The quantitative estimate of drug-likeness (QED) is 0.352. The molecule has 1 saturated carbocycles. The van der Waals surface area contributed by atoms with Crippen molar-refractivity contribution in [3.8, 4) is 17.2 Å². The van der Waals surface area contributed by atoms with Crippen molar-refractivity contribution in [2.24, 2.45) is 5.92 Å². The Labute approximate surface area is 209 Å². The fraction of sp³-hybridized carbons (Fsp3) is 0.357. The molecule has 0 bridgehead atoms. The summed E-state index contributed by atoms with van der Waals surface area (Å²) in [4.78, 5) is 13.0. The van der Waals surface area contributed by atoms with Gasteiger partial charge in [0.15, 0.2) is 24.2 Å². The van der Waals surface area contributed by atoms with Crippen molar-refractivity contribution < 1.29 is 36.0 Å². The van der Waals surface area contributed by atoms with Crippen LogP contribution in [0.1, 0.15) is 37.7 Å². The lowest BCUT2D eigenvalue weighted by Crippen LogP contribution is -3.00.